The van der Waals surface area contributed by atoms with Crippen molar-refractivity contribution in [3.8, 4) is 0 Å². The maximum atomic E-state index is 13.4. The highest BCUT2D eigenvalue weighted by Crippen LogP contribution is 2.26. The van der Waals surface area contributed by atoms with Crippen molar-refractivity contribution in [3.05, 3.63) is 34.6 Å². The maximum Gasteiger partial charge on any atom is 0.123 e. The van der Waals surface area contributed by atoms with E-state index in [1.807, 2.05) is 0 Å². The first-order valence-electron chi connectivity index (χ1n) is 7.53. The van der Waals surface area contributed by atoms with E-state index in [1.54, 1.807) is 12.1 Å². The smallest absolute Gasteiger partial charge is 0.123 e. The van der Waals surface area contributed by atoms with E-state index < -0.39 is 0 Å². The summed E-state index contributed by atoms with van der Waals surface area (Å²) in [5.74, 6) is -0.216. The van der Waals surface area contributed by atoms with E-state index in [4.69, 9.17) is 17.3 Å². The van der Waals surface area contributed by atoms with E-state index in [9.17, 15) is 4.39 Å². The minimum absolute atomic E-state index is 0.216. The van der Waals surface area contributed by atoms with Gasteiger partial charge in [0, 0.05) is 23.7 Å². The summed E-state index contributed by atoms with van der Waals surface area (Å²) in [5.41, 5.74) is 6.86. The van der Waals surface area contributed by atoms with Gasteiger partial charge in [0.15, 0.2) is 0 Å². The molecule has 4 heteroatoms. The molecule has 1 aliphatic rings. The fourth-order valence-electron chi connectivity index (χ4n) is 3.03. The van der Waals surface area contributed by atoms with E-state index in [0.29, 0.717) is 17.1 Å². The van der Waals surface area contributed by atoms with E-state index in [-0.39, 0.29) is 5.82 Å². The van der Waals surface area contributed by atoms with E-state index in [2.05, 4.69) is 11.8 Å². The van der Waals surface area contributed by atoms with Gasteiger partial charge in [-0.3, -0.25) is 4.90 Å². The van der Waals surface area contributed by atoms with E-state index >= 15 is 0 Å². The van der Waals surface area contributed by atoms with E-state index in [0.717, 1.165) is 50.8 Å². The van der Waals surface area contributed by atoms with E-state index in [1.165, 1.54) is 6.07 Å². The molecule has 0 aromatic heterocycles. The fourth-order valence-corrected chi connectivity index (χ4v) is 3.21. The Kier molecular flexibility index (Phi) is 5.82. The van der Waals surface area contributed by atoms with Gasteiger partial charge in [0.2, 0.25) is 0 Å². The van der Waals surface area contributed by atoms with Gasteiger partial charge in [-0.25, -0.2) is 4.39 Å². The highest BCUT2D eigenvalue weighted by molar-refractivity contribution is 6.31. The number of halogens is 2. The number of benzene rings is 1. The zero-order valence-electron chi connectivity index (χ0n) is 12.1. The average molecular weight is 299 g/mol. The third-order valence-electron chi connectivity index (χ3n) is 4.15. The molecule has 112 valence electrons. The molecule has 0 amide bonds. The van der Waals surface area contributed by atoms with Gasteiger partial charge >= 0.3 is 0 Å². The molecule has 1 aromatic rings. The molecule has 0 bridgehead atoms. The van der Waals surface area contributed by atoms with Gasteiger partial charge in [0.1, 0.15) is 5.82 Å². The molecular weight excluding hydrogens is 275 g/mol. The molecule has 0 radical (unpaired) electrons. The van der Waals surface area contributed by atoms with Gasteiger partial charge in [-0.1, -0.05) is 18.5 Å². The second-order valence-corrected chi connectivity index (χ2v) is 6.18. The minimum atomic E-state index is -0.216. The van der Waals surface area contributed by atoms with Gasteiger partial charge in [-0.05, 0) is 62.4 Å². The van der Waals surface area contributed by atoms with Crippen LogP contribution < -0.4 is 5.73 Å². The molecule has 0 unspecified atom stereocenters. The Balaban J connectivity index is 2.06. The number of hydrogen-bond donors (Lipinski definition) is 1. The van der Waals surface area contributed by atoms with Crippen molar-refractivity contribution in [3.63, 3.8) is 0 Å². The molecule has 0 spiro atoms. The van der Waals surface area contributed by atoms with Crippen LogP contribution in [-0.4, -0.2) is 23.5 Å². The van der Waals surface area contributed by atoms with Crippen molar-refractivity contribution in [2.75, 3.05) is 6.54 Å². The predicted octanol–water partition coefficient (Wildman–Crippen LogP) is 3.96. The molecule has 2 N–H and O–H groups in total. The van der Waals surface area contributed by atoms with Gasteiger partial charge in [-0.15, -0.1) is 0 Å². The Morgan fingerprint density at radius 2 is 2.00 bits per heavy atom. The summed E-state index contributed by atoms with van der Waals surface area (Å²) < 4.78 is 13.4. The summed E-state index contributed by atoms with van der Waals surface area (Å²) in [6.07, 6.45) is 5.53. The molecule has 1 saturated carbocycles. The lowest BCUT2D eigenvalue weighted by Gasteiger charge is -2.36. The van der Waals surface area contributed by atoms with Crippen molar-refractivity contribution < 1.29 is 4.39 Å². The van der Waals surface area contributed by atoms with Crippen LogP contribution in [0.3, 0.4) is 0 Å². The Bertz CT molecular complexity index is 430. The molecule has 0 saturated heterocycles. The Hall–Kier alpha value is -0.640. The Labute approximate surface area is 126 Å². The van der Waals surface area contributed by atoms with Crippen molar-refractivity contribution in [1.82, 2.24) is 4.90 Å². The topological polar surface area (TPSA) is 29.3 Å². The van der Waals surface area contributed by atoms with Crippen LogP contribution in [0, 0.1) is 5.82 Å². The SMILES string of the molecule is CCCN(Cc1cc(F)ccc1Cl)C1CCC(N)CC1. The first kappa shape index (κ1) is 15.7. The molecule has 1 aliphatic carbocycles. The summed E-state index contributed by atoms with van der Waals surface area (Å²) in [5, 5.41) is 0.653. The van der Waals surface area contributed by atoms with Crippen LogP contribution in [0.4, 0.5) is 4.39 Å². The Morgan fingerprint density at radius 3 is 2.65 bits per heavy atom. The molecule has 1 aromatic carbocycles. The largest absolute Gasteiger partial charge is 0.328 e. The van der Waals surface area contributed by atoms with Gasteiger partial charge < -0.3 is 5.73 Å². The first-order chi connectivity index (χ1) is 9.60. The number of nitrogens with two attached hydrogens (primary N) is 1. The van der Waals surface area contributed by atoms with Gasteiger partial charge in [0.25, 0.3) is 0 Å². The molecule has 1 fully saturated rings. The molecular formula is C16H24ClFN2. The van der Waals surface area contributed by atoms with Crippen LogP contribution in [-0.2, 0) is 6.54 Å². The number of nitrogens with zero attached hydrogens (tertiary/aromatic N) is 1. The number of rotatable bonds is 5. The first-order valence-corrected chi connectivity index (χ1v) is 7.91. The summed E-state index contributed by atoms with van der Waals surface area (Å²) >= 11 is 6.19. The lowest BCUT2D eigenvalue weighted by atomic mass is 9.90. The lowest BCUT2D eigenvalue weighted by molar-refractivity contribution is 0.142. The highest BCUT2D eigenvalue weighted by Gasteiger charge is 2.24. The molecule has 0 heterocycles. The normalized spacial score (nSPS) is 23.2. The average Bonchev–Trinajstić information content (AvgIpc) is 2.43. The molecule has 2 rings (SSSR count). The zero-order valence-corrected chi connectivity index (χ0v) is 12.9. The van der Waals surface area contributed by atoms with Gasteiger partial charge in [-0.2, -0.15) is 0 Å². The van der Waals surface area contributed by atoms with Crippen molar-refractivity contribution in [2.45, 2.75) is 57.7 Å². The highest BCUT2D eigenvalue weighted by atomic mass is 35.5. The van der Waals surface area contributed by atoms with Crippen LogP contribution in [0.25, 0.3) is 0 Å². The summed E-state index contributed by atoms with van der Waals surface area (Å²) in [7, 11) is 0. The molecule has 0 atom stereocenters. The molecule has 20 heavy (non-hydrogen) atoms. The summed E-state index contributed by atoms with van der Waals surface area (Å²) in [4.78, 5) is 2.44. The van der Waals surface area contributed by atoms with Crippen LogP contribution in [0.15, 0.2) is 18.2 Å². The molecule has 0 aliphatic heterocycles. The van der Waals surface area contributed by atoms with Crippen molar-refractivity contribution in [1.29, 1.82) is 0 Å². The Morgan fingerprint density at radius 1 is 1.30 bits per heavy atom. The minimum Gasteiger partial charge on any atom is -0.328 e. The van der Waals surface area contributed by atoms with Crippen LogP contribution in [0.2, 0.25) is 5.02 Å². The lowest BCUT2D eigenvalue weighted by Crippen LogP contribution is -2.40. The van der Waals surface area contributed by atoms with Crippen molar-refractivity contribution >= 4 is 11.6 Å². The van der Waals surface area contributed by atoms with Crippen LogP contribution in [0.1, 0.15) is 44.6 Å². The zero-order chi connectivity index (χ0) is 14.5. The fraction of sp³-hybridized carbons (Fsp3) is 0.625. The van der Waals surface area contributed by atoms with Gasteiger partial charge in [0.05, 0.1) is 0 Å². The van der Waals surface area contributed by atoms with Crippen molar-refractivity contribution in [2.24, 2.45) is 5.73 Å². The quantitative estimate of drug-likeness (QED) is 0.891. The third kappa shape index (κ3) is 4.18. The van der Waals surface area contributed by atoms with Crippen LogP contribution in [0.5, 0.6) is 0 Å². The second-order valence-electron chi connectivity index (χ2n) is 5.77. The summed E-state index contributed by atoms with van der Waals surface area (Å²) in [6.45, 7) is 3.92. The second kappa shape index (κ2) is 7.39. The maximum absolute atomic E-state index is 13.4. The third-order valence-corrected chi connectivity index (χ3v) is 4.52. The predicted molar refractivity (Wildman–Crippen MR) is 82.3 cm³/mol. The van der Waals surface area contributed by atoms with Crippen LogP contribution >= 0.6 is 11.6 Å². The standard InChI is InChI=1S/C16H24ClFN2/c1-2-9-20(15-6-4-14(19)5-7-15)11-12-10-13(18)3-8-16(12)17/h3,8,10,14-15H,2,4-7,9,11,19H2,1H3. The summed E-state index contributed by atoms with van der Waals surface area (Å²) in [6, 6.07) is 5.52. The monoisotopic (exact) mass is 298 g/mol. The number of hydrogen-bond acceptors (Lipinski definition) is 2. The molecule has 2 nitrogen and oxygen atoms in total.